The summed E-state index contributed by atoms with van der Waals surface area (Å²) in [5, 5.41) is 0. The van der Waals surface area contributed by atoms with Crippen LogP contribution in [-0.2, 0) is 4.79 Å². The van der Waals surface area contributed by atoms with E-state index < -0.39 is 0 Å². The molecule has 0 spiro atoms. The molecular formula is C10H18N2O. The van der Waals surface area contributed by atoms with Gasteiger partial charge in [-0.25, -0.2) is 0 Å². The molecule has 0 saturated heterocycles. The molecule has 3 nitrogen and oxygen atoms in total. The van der Waals surface area contributed by atoms with Gasteiger partial charge in [-0.2, -0.15) is 0 Å². The first-order valence-electron chi connectivity index (χ1n) is 4.78. The van der Waals surface area contributed by atoms with Crippen LogP contribution in [0, 0.1) is 0 Å². The Balaban J connectivity index is 2.41. The topological polar surface area (TPSA) is 46.3 Å². The molecule has 1 aliphatic rings. The van der Waals surface area contributed by atoms with Crippen LogP contribution >= 0.6 is 0 Å². The third-order valence-electron chi connectivity index (χ3n) is 2.29. The van der Waals surface area contributed by atoms with Gasteiger partial charge in [0.1, 0.15) is 0 Å². The normalized spacial score (nSPS) is 19.6. The highest BCUT2D eigenvalue weighted by Crippen LogP contribution is 2.10. The number of hydrogen-bond acceptors (Lipinski definition) is 2. The van der Waals surface area contributed by atoms with Gasteiger partial charge in [-0.15, -0.1) is 0 Å². The molecule has 3 heteroatoms. The predicted molar refractivity (Wildman–Crippen MR) is 53.2 cm³/mol. The minimum atomic E-state index is -0.0282. The summed E-state index contributed by atoms with van der Waals surface area (Å²) in [6.07, 6.45) is 3.58. The molecular weight excluding hydrogens is 164 g/mol. The Morgan fingerprint density at radius 3 is 2.92 bits per heavy atom. The van der Waals surface area contributed by atoms with Crippen molar-refractivity contribution in [3.05, 3.63) is 11.6 Å². The zero-order valence-corrected chi connectivity index (χ0v) is 8.42. The molecule has 0 fully saturated rings. The molecule has 0 aromatic heterocycles. The molecule has 74 valence electrons. The van der Waals surface area contributed by atoms with Crippen molar-refractivity contribution in [3.63, 3.8) is 0 Å². The average molecular weight is 182 g/mol. The molecule has 0 aromatic carbocycles. The van der Waals surface area contributed by atoms with Gasteiger partial charge in [-0.05, 0) is 20.3 Å². The third-order valence-corrected chi connectivity index (χ3v) is 2.29. The molecule has 1 amide bonds. The number of carbonyl (C=O) groups is 1. The summed E-state index contributed by atoms with van der Waals surface area (Å²) in [5.74, 6) is 0.179. The second-order valence-corrected chi connectivity index (χ2v) is 3.82. The van der Waals surface area contributed by atoms with Gasteiger partial charge in [0.15, 0.2) is 0 Å². The van der Waals surface area contributed by atoms with Gasteiger partial charge in [0.05, 0.1) is 0 Å². The van der Waals surface area contributed by atoms with Crippen molar-refractivity contribution < 1.29 is 4.79 Å². The Hall–Kier alpha value is -0.830. The number of carbonyl (C=O) groups excluding carboxylic acids is 1. The molecule has 1 heterocycles. The van der Waals surface area contributed by atoms with E-state index in [4.69, 9.17) is 5.73 Å². The Morgan fingerprint density at radius 1 is 1.77 bits per heavy atom. The highest BCUT2D eigenvalue weighted by atomic mass is 16.2. The Kier molecular flexibility index (Phi) is 3.48. The molecule has 0 saturated carbocycles. The monoisotopic (exact) mass is 182 g/mol. The minimum Gasteiger partial charge on any atom is -0.339 e. The van der Waals surface area contributed by atoms with Crippen LogP contribution in [0.25, 0.3) is 0 Å². The maximum absolute atomic E-state index is 11.5. The molecule has 1 unspecified atom stereocenters. The summed E-state index contributed by atoms with van der Waals surface area (Å²) in [4.78, 5) is 13.4. The van der Waals surface area contributed by atoms with E-state index in [1.807, 2.05) is 11.8 Å². The Bertz CT molecular complexity index is 221. The van der Waals surface area contributed by atoms with Crippen molar-refractivity contribution in [2.45, 2.75) is 32.7 Å². The van der Waals surface area contributed by atoms with Crippen molar-refractivity contribution >= 4 is 5.91 Å². The molecule has 0 bridgehead atoms. The maximum atomic E-state index is 11.5. The van der Waals surface area contributed by atoms with Crippen molar-refractivity contribution in [2.75, 3.05) is 13.1 Å². The fourth-order valence-corrected chi connectivity index (χ4v) is 1.40. The van der Waals surface area contributed by atoms with E-state index in [0.717, 1.165) is 19.5 Å². The van der Waals surface area contributed by atoms with E-state index >= 15 is 0 Å². The summed E-state index contributed by atoms with van der Waals surface area (Å²) in [5.41, 5.74) is 6.94. The Labute approximate surface area is 79.6 Å². The lowest BCUT2D eigenvalue weighted by Gasteiger charge is -2.26. The van der Waals surface area contributed by atoms with Crippen LogP contribution in [0.4, 0.5) is 0 Å². The molecule has 2 N–H and O–H groups in total. The zero-order chi connectivity index (χ0) is 9.84. The molecule has 1 atom stereocenters. The lowest BCUT2D eigenvalue weighted by molar-refractivity contribution is -0.131. The van der Waals surface area contributed by atoms with Gasteiger partial charge in [-0.1, -0.05) is 11.6 Å². The molecule has 1 aliphatic heterocycles. The van der Waals surface area contributed by atoms with E-state index in [9.17, 15) is 4.79 Å². The van der Waals surface area contributed by atoms with E-state index in [1.54, 1.807) is 0 Å². The summed E-state index contributed by atoms with van der Waals surface area (Å²) >= 11 is 0. The summed E-state index contributed by atoms with van der Waals surface area (Å²) in [6.45, 7) is 5.58. The summed E-state index contributed by atoms with van der Waals surface area (Å²) in [7, 11) is 0. The number of nitrogens with two attached hydrogens (primary N) is 1. The standard InChI is InChI=1S/C10H18N2O/c1-8-3-5-12(6-4-8)10(13)7-9(2)11/h3,9H,4-7,11H2,1-2H3. The van der Waals surface area contributed by atoms with Gasteiger partial charge in [0.25, 0.3) is 0 Å². The van der Waals surface area contributed by atoms with Gasteiger partial charge in [0, 0.05) is 25.6 Å². The average Bonchev–Trinajstić information content (AvgIpc) is 2.04. The van der Waals surface area contributed by atoms with Crippen molar-refractivity contribution in [3.8, 4) is 0 Å². The van der Waals surface area contributed by atoms with Gasteiger partial charge in [-0.3, -0.25) is 4.79 Å². The second-order valence-electron chi connectivity index (χ2n) is 3.82. The van der Waals surface area contributed by atoms with Crippen LogP contribution in [0.15, 0.2) is 11.6 Å². The van der Waals surface area contributed by atoms with Crippen LogP contribution in [0.1, 0.15) is 26.7 Å². The van der Waals surface area contributed by atoms with E-state index in [0.29, 0.717) is 6.42 Å². The quantitative estimate of drug-likeness (QED) is 0.645. The maximum Gasteiger partial charge on any atom is 0.224 e. The number of amides is 1. The number of hydrogen-bond donors (Lipinski definition) is 1. The number of rotatable bonds is 2. The summed E-state index contributed by atoms with van der Waals surface area (Å²) in [6, 6.07) is -0.0282. The van der Waals surface area contributed by atoms with E-state index in [2.05, 4.69) is 13.0 Å². The predicted octanol–water partition coefficient (Wildman–Crippen LogP) is 0.902. The number of nitrogens with zero attached hydrogens (tertiary/aromatic N) is 1. The fraction of sp³-hybridized carbons (Fsp3) is 0.700. The molecule has 0 aromatic rings. The molecule has 1 rings (SSSR count). The van der Waals surface area contributed by atoms with Crippen molar-refractivity contribution in [1.29, 1.82) is 0 Å². The molecule has 13 heavy (non-hydrogen) atoms. The Morgan fingerprint density at radius 2 is 2.46 bits per heavy atom. The van der Waals surface area contributed by atoms with Crippen LogP contribution in [0.2, 0.25) is 0 Å². The first-order chi connectivity index (χ1) is 6.09. The first-order valence-corrected chi connectivity index (χ1v) is 4.78. The zero-order valence-electron chi connectivity index (χ0n) is 8.42. The van der Waals surface area contributed by atoms with Gasteiger partial charge in [0.2, 0.25) is 5.91 Å². The lowest BCUT2D eigenvalue weighted by atomic mass is 10.1. The highest BCUT2D eigenvalue weighted by molar-refractivity contribution is 5.77. The van der Waals surface area contributed by atoms with Gasteiger partial charge < -0.3 is 10.6 Å². The van der Waals surface area contributed by atoms with Crippen LogP contribution < -0.4 is 5.73 Å². The van der Waals surface area contributed by atoms with Crippen LogP contribution in [0.3, 0.4) is 0 Å². The largest absolute Gasteiger partial charge is 0.339 e. The smallest absolute Gasteiger partial charge is 0.224 e. The van der Waals surface area contributed by atoms with Crippen molar-refractivity contribution in [1.82, 2.24) is 4.90 Å². The summed E-state index contributed by atoms with van der Waals surface area (Å²) < 4.78 is 0. The van der Waals surface area contributed by atoms with Gasteiger partial charge >= 0.3 is 0 Å². The minimum absolute atomic E-state index is 0.0282. The molecule has 0 radical (unpaired) electrons. The second kappa shape index (κ2) is 4.42. The van der Waals surface area contributed by atoms with Crippen LogP contribution in [-0.4, -0.2) is 29.9 Å². The van der Waals surface area contributed by atoms with Crippen LogP contribution in [0.5, 0.6) is 0 Å². The van der Waals surface area contributed by atoms with Crippen molar-refractivity contribution in [2.24, 2.45) is 5.73 Å². The first kappa shape index (κ1) is 10.3. The third kappa shape index (κ3) is 3.19. The SMILES string of the molecule is CC1=CCN(C(=O)CC(C)N)CC1. The highest BCUT2D eigenvalue weighted by Gasteiger charge is 2.16. The lowest BCUT2D eigenvalue weighted by Crippen LogP contribution is -2.37. The fourth-order valence-electron chi connectivity index (χ4n) is 1.40. The molecule has 0 aliphatic carbocycles. The van der Waals surface area contributed by atoms with E-state index in [1.165, 1.54) is 5.57 Å². The van der Waals surface area contributed by atoms with E-state index in [-0.39, 0.29) is 11.9 Å².